The van der Waals surface area contributed by atoms with Gasteiger partial charge in [0, 0.05) is 23.0 Å². The van der Waals surface area contributed by atoms with Crippen LogP contribution in [-0.4, -0.2) is 32.3 Å². The predicted molar refractivity (Wildman–Crippen MR) is 65.2 cm³/mol. The number of aliphatic hydroxyl groups is 1. The third kappa shape index (κ3) is 2.86. The van der Waals surface area contributed by atoms with Crippen LogP contribution in [0.4, 0.5) is 0 Å². The summed E-state index contributed by atoms with van der Waals surface area (Å²) in [5.74, 6) is 4.36. The van der Waals surface area contributed by atoms with Crippen molar-refractivity contribution in [2.24, 2.45) is 0 Å². The molecule has 1 aliphatic heterocycles. The topological polar surface area (TPSA) is 46.0 Å². The van der Waals surface area contributed by atoms with E-state index in [-0.39, 0.29) is 6.61 Å². The molecule has 0 bridgehead atoms. The second kappa shape index (κ2) is 5.18. The van der Waals surface area contributed by atoms with Crippen LogP contribution in [0, 0.1) is 6.92 Å². The van der Waals surface area contributed by atoms with Gasteiger partial charge < -0.3 is 5.11 Å². The molecule has 82 valence electrons. The first-order valence-electron chi connectivity index (χ1n) is 4.94. The summed E-state index contributed by atoms with van der Waals surface area (Å²) in [6.07, 6.45) is 0. The van der Waals surface area contributed by atoms with E-state index < -0.39 is 0 Å². The fourth-order valence-electron chi connectivity index (χ4n) is 1.52. The van der Waals surface area contributed by atoms with Crippen molar-refractivity contribution in [2.45, 2.75) is 18.8 Å². The van der Waals surface area contributed by atoms with E-state index in [1.165, 1.54) is 11.5 Å². The summed E-state index contributed by atoms with van der Waals surface area (Å²) < 4.78 is 0. The summed E-state index contributed by atoms with van der Waals surface area (Å²) in [5, 5.41) is 9.48. The average Bonchev–Trinajstić information content (AvgIpc) is 2.29. The lowest BCUT2D eigenvalue weighted by Crippen LogP contribution is -2.12. The minimum Gasteiger partial charge on any atom is -0.390 e. The fraction of sp³-hybridized carbons (Fsp3) is 0.600. The smallest absolute Gasteiger partial charge is 0.142 e. The highest BCUT2D eigenvalue weighted by molar-refractivity contribution is 8.06. The van der Waals surface area contributed by atoms with Crippen LogP contribution in [0.5, 0.6) is 0 Å². The molecule has 1 aliphatic rings. The minimum absolute atomic E-state index is 0.000882. The van der Waals surface area contributed by atoms with Crippen LogP contribution in [-0.2, 0) is 6.61 Å². The molecule has 5 heteroatoms. The molecule has 1 saturated heterocycles. The van der Waals surface area contributed by atoms with Gasteiger partial charge in [-0.2, -0.15) is 11.8 Å². The monoisotopic (exact) mass is 242 g/mol. The Balaban J connectivity index is 2.22. The van der Waals surface area contributed by atoms with Crippen molar-refractivity contribution in [3.63, 3.8) is 0 Å². The SMILES string of the molecule is Cc1cc(CO)nc(C2CSCCS2)n1. The number of aryl methyl sites for hydroxylation is 1. The van der Waals surface area contributed by atoms with Crippen LogP contribution in [0.3, 0.4) is 0 Å². The molecule has 0 aliphatic carbocycles. The van der Waals surface area contributed by atoms with Crippen molar-refractivity contribution in [3.8, 4) is 0 Å². The number of rotatable bonds is 2. The van der Waals surface area contributed by atoms with Crippen LogP contribution in [0.1, 0.15) is 22.5 Å². The summed E-state index contributed by atoms with van der Waals surface area (Å²) in [7, 11) is 0. The van der Waals surface area contributed by atoms with Crippen LogP contribution in [0.25, 0.3) is 0 Å². The second-order valence-electron chi connectivity index (χ2n) is 3.45. The number of aliphatic hydroxyl groups excluding tert-OH is 1. The molecule has 1 fully saturated rings. The van der Waals surface area contributed by atoms with Crippen LogP contribution in [0.2, 0.25) is 0 Å². The highest BCUT2D eigenvalue weighted by Crippen LogP contribution is 2.34. The minimum atomic E-state index is 0.000882. The Kier molecular flexibility index (Phi) is 3.88. The zero-order chi connectivity index (χ0) is 10.7. The van der Waals surface area contributed by atoms with E-state index in [1.807, 2.05) is 36.5 Å². The molecule has 1 atom stereocenters. The largest absolute Gasteiger partial charge is 0.390 e. The summed E-state index contributed by atoms with van der Waals surface area (Å²) in [6, 6.07) is 1.84. The molecule has 1 unspecified atom stereocenters. The van der Waals surface area contributed by atoms with Gasteiger partial charge >= 0.3 is 0 Å². The first kappa shape index (κ1) is 11.2. The van der Waals surface area contributed by atoms with Crippen molar-refractivity contribution in [3.05, 3.63) is 23.3 Å². The van der Waals surface area contributed by atoms with Crippen LogP contribution < -0.4 is 0 Å². The van der Waals surface area contributed by atoms with Gasteiger partial charge in [-0.3, -0.25) is 0 Å². The molecule has 0 aromatic carbocycles. The molecular formula is C10H14N2OS2. The zero-order valence-electron chi connectivity index (χ0n) is 8.64. The lowest BCUT2D eigenvalue weighted by atomic mass is 10.3. The van der Waals surface area contributed by atoms with E-state index >= 15 is 0 Å². The van der Waals surface area contributed by atoms with Gasteiger partial charge in [-0.05, 0) is 13.0 Å². The Hall–Kier alpha value is -0.260. The number of hydrogen-bond donors (Lipinski definition) is 1. The molecule has 1 N–H and O–H groups in total. The van der Waals surface area contributed by atoms with Crippen molar-refractivity contribution in [2.75, 3.05) is 17.3 Å². The van der Waals surface area contributed by atoms with Gasteiger partial charge in [0.15, 0.2) is 0 Å². The van der Waals surface area contributed by atoms with Crippen LogP contribution >= 0.6 is 23.5 Å². The maximum absolute atomic E-state index is 9.08. The van der Waals surface area contributed by atoms with E-state index in [1.54, 1.807) is 0 Å². The maximum atomic E-state index is 9.08. The zero-order valence-corrected chi connectivity index (χ0v) is 10.3. The molecule has 1 aromatic rings. The standard InChI is InChI=1S/C10H14N2OS2/c1-7-4-8(5-13)12-10(11-7)9-6-14-2-3-15-9/h4,9,13H,2-3,5-6H2,1H3. The molecule has 0 radical (unpaired) electrons. The highest BCUT2D eigenvalue weighted by atomic mass is 32.2. The number of aromatic nitrogens is 2. The highest BCUT2D eigenvalue weighted by Gasteiger charge is 2.19. The van der Waals surface area contributed by atoms with Crippen molar-refractivity contribution in [1.82, 2.24) is 9.97 Å². The normalized spacial score (nSPS) is 21.6. The van der Waals surface area contributed by atoms with Gasteiger partial charge in [0.2, 0.25) is 0 Å². The molecule has 0 saturated carbocycles. The lowest BCUT2D eigenvalue weighted by molar-refractivity contribution is 0.276. The second-order valence-corrected chi connectivity index (χ2v) is 5.91. The molecule has 3 nitrogen and oxygen atoms in total. The summed E-state index contributed by atoms with van der Waals surface area (Å²) in [4.78, 5) is 8.83. The number of thioether (sulfide) groups is 2. The summed E-state index contributed by atoms with van der Waals surface area (Å²) >= 11 is 3.87. The van der Waals surface area contributed by atoms with Crippen molar-refractivity contribution >= 4 is 23.5 Å². The van der Waals surface area contributed by atoms with E-state index in [0.29, 0.717) is 5.25 Å². The third-order valence-corrected chi connectivity index (χ3v) is 4.94. The Labute approximate surface area is 98.1 Å². The Morgan fingerprint density at radius 3 is 3.00 bits per heavy atom. The number of nitrogens with zero attached hydrogens (tertiary/aromatic N) is 2. The van der Waals surface area contributed by atoms with Gasteiger partial charge in [0.1, 0.15) is 5.82 Å². The summed E-state index contributed by atoms with van der Waals surface area (Å²) in [5.41, 5.74) is 1.67. The molecule has 2 rings (SSSR count). The van der Waals surface area contributed by atoms with Crippen molar-refractivity contribution < 1.29 is 5.11 Å². The summed E-state index contributed by atoms with van der Waals surface area (Å²) in [6.45, 7) is 1.95. The van der Waals surface area contributed by atoms with E-state index in [0.717, 1.165) is 23.0 Å². The molecule has 1 aromatic heterocycles. The average molecular weight is 242 g/mol. The first-order valence-corrected chi connectivity index (χ1v) is 7.14. The predicted octanol–water partition coefficient (Wildman–Crippen LogP) is 1.80. The first-order chi connectivity index (χ1) is 7.29. The quantitative estimate of drug-likeness (QED) is 0.857. The lowest BCUT2D eigenvalue weighted by Gasteiger charge is -2.20. The number of hydrogen-bond acceptors (Lipinski definition) is 5. The van der Waals surface area contributed by atoms with E-state index in [4.69, 9.17) is 5.11 Å². The molecule has 2 heterocycles. The van der Waals surface area contributed by atoms with Crippen LogP contribution in [0.15, 0.2) is 6.07 Å². The third-order valence-electron chi connectivity index (χ3n) is 2.19. The van der Waals surface area contributed by atoms with Gasteiger partial charge in [-0.1, -0.05) is 0 Å². The van der Waals surface area contributed by atoms with Gasteiger partial charge in [0.25, 0.3) is 0 Å². The Morgan fingerprint density at radius 2 is 2.33 bits per heavy atom. The van der Waals surface area contributed by atoms with Gasteiger partial charge in [-0.15, -0.1) is 11.8 Å². The van der Waals surface area contributed by atoms with E-state index in [2.05, 4.69) is 9.97 Å². The van der Waals surface area contributed by atoms with E-state index in [9.17, 15) is 0 Å². The molecule has 0 spiro atoms. The van der Waals surface area contributed by atoms with Crippen molar-refractivity contribution in [1.29, 1.82) is 0 Å². The van der Waals surface area contributed by atoms with Gasteiger partial charge in [0.05, 0.1) is 17.6 Å². The Bertz CT molecular complexity index is 340. The molecular weight excluding hydrogens is 228 g/mol. The molecule has 0 amide bonds. The maximum Gasteiger partial charge on any atom is 0.142 e. The fourth-order valence-corrected chi connectivity index (χ4v) is 4.12. The molecule has 15 heavy (non-hydrogen) atoms. The van der Waals surface area contributed by atoms with Gasteiger partial charge in [-0.25, -0.2) is 9.97 Å². The Morgan fingerprint density at radius 1 is 1.47 bits per heavy atom.